The van der Waals surface area contributed by atoms with Crippen LogP contribution in [0.1, 0.15) is 199 Å². The highest BCUT2D eigenvalue weighted by atomic mass is 32.1. The van der Waals surface area contributed by atoms with Gasteiger partial charge in [0.15, 0.2) is 6.61 Å². The van der Waals surface area contributed by atoms with Crippen LogP contribution in [0, 0.1) is 58.2 Å². The summed E-state index contributed by atoms with van der Waals surface area (Å²) in [6.45, 7) is 17.3. The summed E-state index contributed by atoms with van der Waals surface area (Å²) in [7, 11) is 1.36. The van der Waals surface area contributed by atoms with Crippen molar-refractivity contribution >= 4 is 69.3 Å². The SMILES string of the molecule is CC1CCC(C(=O)N(c2cc(C#CC(C)(C)C)sc2C(=O)O)C2CCC(=NOCc3ccccn3)CC2)CC1.COC(=O)c1sc(C#CC(C)(C)C)cc1N(C(=O)C1CCC(C)CC1)C1CCC(=O)CC1.NOCc1ccccn1. The number of ketones is 1. The number of anilines is 2. The number of carboxylic acid groups (broad SMARTS) is 1. The van der Waals surface area contributed by atoms with E-state index < -0.39 is 11.9 Å². The maximum absolute atomic E-state index is 14.1. The number of carbonyl (C=O) groups is 5. The molecule has 0 radical (unpaired) electrons. The third-order valence-electron chi connectivity index (χ3n) is 14.7. The molecule has 15 nitrogen and oxygen atoms in total. The zero-order chi connectivity index (χ0) is 58.0. The number of amides is 2. The van der Waals surface area contributed by atoms with Gasteiger partial charge in [0.2, 0.25) is 11.8 Å². The molecule has 80 heavy (non-hydrogen) atoms. The van der Waals surface area contributed by atoms with Crippen LogP contribution in [0.3, 0.4) is 0 Å². The number of methoxy groups -OCH3 is 1. The molecule has 4 aromatic rings. The van der Waals surface area contributed by atoms with Gasteiger partial charge in [0.05, 0.1) is 45.3 Å². The van der Waals surface area contributed by atoms with Crippen LogP contribution in [-0.4, -0.2) is 69.5 Å². The van der Waals surface area contributed by atoms with E-state index in [-0.39, 0.29) is 57.2 Å². The van der Waals surface area contributed by atoms with Crippen LogP contribution >= 0.6 is 22.7 Å². The van der Waals surface area contributed by atoms with E-state index in [1.807, 2.05) is 99.9 Å². The van der Waals surface area contributed by atoms with E-state index in [0.29, 0.717) is 97.5 Å². The Hall–Kier alpha value is -6.24. The summed E-state index contributed by atoms with van der Waals surface area (Å²) < 4.78 is 5.06. The Kier molecular flexibility index (Phi) is 23.6. The van der Waals surface area contributed by atoms with E-state index in [0.717, 1.165) is 84.7 Å². The monoisotopic (exact) mass is 1130 g/mol. The summed E-state index contributed by atoms with van der Waals surface area (Å²) in [6, 6.07) is 14.8. The van der Waals surface area contributed by atoms with E-state index in [2.05, 4.69) is 57.5 Å². The van der Waals surface area contributed by atoms with Crippen molar-refractivity contribution < 1.29 is 43.5 Å². The Labute approximate surface area is 481 Å². The molecule has 0 spiro atoms. The first-order valence-corrected chi connectivity index (χ1v) is 29.9. The minimum absolute atomic E-state index is 0.0432. The smallest absolute Gasteiger partial charge is 0.350 e. The lowest BCUT2D eigenvalue weighted by molar-refractivity contribution is -0.125. The van der Waals surface area contributed by atoms with E-state index in [1.54, 1.807) is 12.4 Å². The van der Waals surface area contributed by atoms with Gasteiger partial charge in [0.1, 0.15) is 22.1 Å². The van der Waals surface area contributed by atoms with Crippen LogP contribution in [0.15, 0.2) is 66.1 Å². The number of carbonyl (C=O) groups excluding carboxylic acids is 4. The zero-order valence-corrected chi connectivity index (χ0v) is 49.9. The summed E-state index contributed by atoms with van der Waals surface area (Å²) in [6.07, 6.45) is 16.0. The fraction of sp³-hybridized carbons (Fsp3) is 0.556. The second kappa shape index (κ2) is 30.0. The molecule has 4 aliphatic rings. The fourth-order valence-corrected chi connectivity index (χ4v) is 12.0. The quantitative estimate of drug-likeness (QED) is 0.0729. The van der Waals surface area contributed by atoms with Crippen molar-refractivity contribution in [2.24, 2.45) is 45.6 Å². The minimum Gasteiger partial charge on any atom is -0.477 e. The standard InChI is InChI=1S/C31H39N3O4S.C26H35NO4S.C6H8N2O/c1-21-8-10-22(11-9-21)29(35)34(27-19-26(16-17-31(2,3)4)39-28(27)30(36)37)25-14-12-23(13-15-25)33-38-20-24-7-5-6-18-32-24;1-17-6-8-18(9-7-17)24(29)27(19-10-12-20(28)13-11-19)22-16-21(14-15-26(2,3)4)32-23(22)25(30)31-5;7-9-5-6-3-1-2-4-8-6/h5-7,18-19,21-22,25H,8-15,20H2,1-4H3,(H,36,37);16-19H,6-13H2,1-5H3;1-4H,5,7H2. The normalized spacial score (nSPS) is 20.4. The number of aromatic carboxylic acids is 1. The van der Waals surface area contributed by atoms with Gasteiger partial charge in [-0.2, -0.15) is 0 Å². The molecular formula is C63H82N6O9S2. The van der Waals surface area contributed by atoms with Gasteiger partial charge < -0.3 is 24.5 Å². The Balaban J connectivity index is 0.000000226. The number of rotatable bonds is 13. The van der Waals surface area contributed by atoms with Crippen LogP contribution in [-0.2, 0) is 42.0 Å². The highest BCUT2D eigenvalue weighted by molar-refractivity contribution is 7.15. The average Bonchev–Trinajstić information content (AvgIpc) is 4.07. The number of pyridine rings is 2. The average molecular weight is 1130 g/mol. The number of esters is 1. The van der Waals surface area contributed by atoms with Gasteiger partial charge in [-0.3, -0.25) is 29.2 Å². The van der Waals surface area contributed by atoms with Gasteiger partial charge in [0, 0.05) is 60.0 Å². The largest absolute Gasteiger partial charge is 0.477 e. The van der Waals surface area contributed by atoms with Crippen molar-refractivity contribution in [1.29, 1.82) is 0 Å². The molecule has 0 aromatic carbocycles. The Morgan fingerprint density at radius 2 is 1.10 bits per heavy atom. The predicted molar refractivity (Wildman–Crippen MR) is 316 cm³/mol. The number of hydrogen-bond acceptors (Lipinski definition) is 14. The Morgan fingerprint density at radius 1 is 0.662 bits per heavy atom. The topological polar surface area (TPSA) is 204 Å². The van der Waals surface area contributed by atoms with Crippen molar-refractivity contribution in [2.75, 3.05) is 16.9 Å². The van der Waals surface area contributed by atoms with E-state index in [4.69, 9.17) is 15.5 Å². The molecule has 8 rings (SSSR count). The molecule has 4 heterocycles. The maximum atomic E-state index is 14.1. The number of thiophene rings is 2. The molecule has 2 amide bonds. The summed E-state index contributed by atoms with van der Waals surface area (Å²) in [4.78, 5) is 88.6. The van der Waals surface area contributed by atoms with Crippen LogP contribution < -0.4 is 15.7 Å². The Morgan fingerprint density at radius 3 is 1.51 bits per heavy atom. The second-order valence-electron chi connectivity index (χ2n) is 23.7. The molecule has 4 saturated carbocycles. The van der Waals surface area contributed by atoms with Crippen molar-refractivity contribution in [2.45, 2.75) is 183 Å². The molecule has 430 valence electrons. The number of aromatic nitrogens is 2. The van der Waals surface area contributed by atoms with Crippen LogP contribution in [0.4, 0.5) is 11.4 Å². The molecule has 0 unspecified atom stereocenters. The van der Waals surface area contributed by atoms with Gasteiger partial charge in [-0.1, -0.05) is 54.8 Å². The molecule has 0 saturated heterocycles. The number of Topliss-reactive ketones (excluding diaryl/α,β-unsaturated/α-hetero) is 1. The first-order valence-electron chi connectivity index (χ1n) is 28.3. The molecule has 4 aliphatic carbocycles. The predicted octanol–water partition coefficient (Wildman–Crippen LogP) is 13.0. The summed E-state index contributed by atoms with van der Waals surface area (Å²) in [5.74, 6) is 17.6. The van der Waals surface area contributed by atoms with Gasteiger partial charge >= 0.3 is 11.9 Å². The number of hydrogen-bond donors (Lipinski definition) is 2. The molecule has 4 fully saturated rings. The lowest BCUT2D eigenvalue weighted by Crippen LogP contribution is -2.46. The van der Waals surface area contributed by atoms with E-state index in [9.17, 15) is 29.1 Å². The minimum atomic E-state index is -1.02. The van der Waals surface area contributed by atoms with Crippen molar-refractivity contribution in [3.63, 3.8) is 0 Å². The summed E-state index contributed by atoms with van der Waals surface area (Å²) >= 11 is 2.44. The third kappa shape index (κ3) is 19.2. The van der Waals surface area contributed by atoms with Crippen LogP contribution in [0.5, 0.6) is 0 Å². The number of carboxylic acids is 1. The molecule has 0 atom stereocenters. The summed E-state index contributed by atoms with van der Waals surface area (Å²) in [5.41, 5.74) is 3.33. The second-order valence-corrected chi connectivity index (χ2v) is 25.8. The van der Waals surface area contributed by atoms with Crippen molar-refractivity contribution in [3.8, 4) is 23.7 Å². The highest BCUT2D eigenvalue weighted by Crippen LogP contribution is 2.41. The summed E-state index contributed by atoms with van der Waals surface area (Å²) in [5, 5.41) is 14.4. The molecule has 0 bridgehead atoms. The molecule has 3 N–H and O–H groups in total. The van der Waals surface area contributed by atoms with Gasteiger partial charge in [-0.05, 0) is 180 Å². The van der Waals surface area contributed by atoms with Crippen LogP contribution in [0.25, 0.3) is 0 Å². The molecular weight excluding hydrogens is 1050 g/mol. The van der Waals surface area contributed by atoms with Gasteiger partial charge in [-0.25, -0.2) is 15.5 Å². The van der Waals surface area contributed by atoms with Gasteiger partial charge in [-0.15, -0.1) is 22.7 Å². The highest BCUT2D eigenvalue weighted by Gasteiger charge is 2.39. The Bertz CT molecular complexity index is 2850. The first kappa shape index (κ1) is 62.9. The number of ether oxygens (including phenoxy) is 1. The lowest BCUT2D eigenvalue weighted by atomic mass is 9.81. The zero-order valence-electron chi connectivity index (χ0n) is 48.3. The number of oxime groups is 1. The fourth-order valence-electron chi connectivity index (χ4n) is 10.2. The third-order valence-corrected chi connectivity index (χ3v) is 16.7. The van der Waals surface area contributed by atoms with Crippen LogP contribution in [0.2, 0.25) is 0 Å². The molecule has 0 aliphatic heterocycles. The molecule has 17 heteroatoms. The van der Waals surface area contributed by atoms with Crippen molar-refractivity contribution in [3.05, 3.63) is 91.8 Å². The maximum Gasteiger partial charge on any atom is 0.350 e. The number of nitrogens with zero attached hydrogens (tertiary/aromatic N) is 5. The van der Waals surface area contributed by atoms with E-state index >= 15 is 0 Å². The first-order chi connectivity index (χ1) is 38.1. The van der Waals surface area contributed by atoms with E-state index in [1.165, 1.54) is 18.4 Å². The molecule has 4 aromatic heterocycles. The lowest BCUT2D eigenvalue weighted by Gasteiger charge is -2.38. The van der Waals surface area contributed by atoms with Crippen molar-refractivity contribution in [1.82, 2.24) is 9.97 Å². The van der Waals surface area contributed by atoms with Gasteiger partial charge in [0.25, 0.3) is 0 Å². The number of nitrogens with two attached hydrogens (primary N) is 1.